The van der Waals surface area contributed by atoms with Gasteiger partial charge in [-0.3, -0.25) is 4.90 Å². The standard InChI is InChI=1S/C16H33N3/c1-5-13(2)16-12-19(14(3)10-17-16)11-15-6-8-18(4)9-7-15/h13-17H,5-12H2,1-4H3. The van der Waals surface area contributed by atoms with Crippen molar-refractivity contribution in [1.29, 1.82) is 0 Å². The summed E-state index contributed by atoms with van der Waals surface area (Å²) in [6.07, 6.45) is 4.07. The Morgan fingerprint density at radius 3 is 2.58 bits per heavy atom. The van der Waals surface area contributed by atoms with E-state index < -0.39 is 0 Å². The number of nitrogens with zero attached hydrogens (tertiary/aromatic N) is 2. The Kier molecular flexibility index (Phi) is 5.67. The van der Waals surface area contributed by atoms with Gasteiger partial charge in [0.2, 0.25) is 0 Å². The normalized spacial score (nSPS) is 33.5. The van der Waals surface area contributed by atoms with Crippen molar-refractivity contribution in [3.8, 4) is 0 Å². The van der Waals surface area contributed by atoms with E-state index in [9.17, 15) is 0 Å². The van der Waals surface area contributed by atoms with E-state index in [0.29, 0.717) is 12.1 Å². The summed E-state index contributed by atoms with van der Waals surface area (Å²) in [5.74, 6) is 1.72. The molecule has 19 heavy (non-hydrogen) atoms. The van der Waals surface area contributed by atoms with Crippen LogP contribution >= 0.6 is 0 Å². The maximum atomic E-state index is 3.74. The van der Waals surface area contributed by atoms with Gasteiger partial charge < -0.3 is 10.2 Å². The van der Waals surface area contributed by atoms with Crippen LogP contribution in [0.4, 0.5) is 0 Å². The second-order valence-electron chi connectivity index (χ2n) is 6.95. The van der Waals surface area contributed by atoms with Crippen LogP contribution in [0.1, 0.15) is 40.0 Å². The van der Waals surface area contributed by atoms with E-state index in [4.69, 9.17) is 0 Å². The Hall–Kier alpha value is -0.120. The molecule has 0 bridgehead atoms. The van der Waals surface area contributed by atoms with Crippen LogP contribution in [0.2, 0.25) is 0 Å². The highest BCUT2D eigenvalue weighted by atomic mass is 15.2. The van der Waals surface area contributed by atoms with Crippen molar-refractivity contribution in [3.05, 3.63) is 0 Å². The fourth-order valence-corrected chi connectivity index (χ4v) is 3.44. The van der Waals surface area contributed by atoms with Crippen LogP contribution in [0, 0.1) is 11.8 Å². The summed E-state index contributed by atoms with van der Waals surface area (Å²) in [6, 6.07) is 1.41. The summed E-state index contributed by atoms with van der Waals surface area (Å²) >= 11 is 0. The molecule has 0 aliphatic carbocycles. The van der Waals surface area contributed by atoms with Gasteiger partial charge >= 0.3 is 0 Å². The van der Waals surface area contributed by atoms with Crippen molar-refractivity contribution >= 4 is 0 Å². The third-order valence-electron chi connectivity index (χ3n) is 5.39. The first-order valence-corrected chi connectivity index (χ1v) is 8.26. The van der Waals surface area contributed by atoms with E-state index in [2.05, 4.69) is 42.9 Å². The number of piperazine rings is 1. The third-order valence-corrected chi connectivity index (χ3v) is 5.39. The fraction of sp³-hybridized carbons (Fsp3) is 1.00. The summed E-state index contributed by atoms with van der Waals surface area (Å²) < 4.78 is 0. The number of likely N-dealkylation sites (tertiary alicyclic amines) is 1. The highest BCUT2D eigenvalue weighted by Crippen LogP contribution is 2.21. The average Bonchev–Trinajstić information content (AvgIpc) is 2.43. The van der Waals surface area contributed by atoms with Crippen LogP contribution in [0.25, 0.3) is 0 Å². The van der Waals surface area contributed by atoms with Gasteiger partial charge in [-0.15, -0.1) is 0 Å². The predicted octanol–water partition coefficient (Wildman–Crippen LogP) is 2.04. The van der Waals surface area contributed by atoms with E-state index >= 15 is 0 Å². The van der Waals surface area contributed by atoms with Crippen molar-refractivity contribution in [1.82, 2.24) is 15.1 Å². The molecule has 1 N–H and O–H groups in total. The van der Waals surface area contributed by atoms with Gasteiger partial charge in [0.25, 0.3) is 0 Å². The molecule has 0 aromatic rings. The van der Waals surface area contributed by atoms with Gasteiger partial charge in [-0.2, -0.15) is 0 Å². The molecule has 2 aliphatic heterocycles. The molecule has 2 fully saturated rings. The SMILES string of the molecule is CCC(C)C1CN(CC2CCN(C)CC2)C(C)CN1. The zero-order valence-electron chi connectivity index (χ0n) is 13.4. The van der Waals surface area contributed by atoms with E-state index in [1.807, 2.05) is 0 Å². The van der Waals surface area contributed by atoms with Crippen molar-refractivity contribution in [2.75, 3.05) is 39.8 Å². The van der Waals surface area contributed by atoms with E-state index in [-0.39, 0.29) is 0 Å². The molecule has 0 radical (unpaired) electrons. The summed E-state index contributed by atoms with van der Waals surface area (Å²) in [5, 5.41) is 3.74. The monoisotopic (exact) mass is 267 g/mol. The van der Waals surface area contributed by atoms with Gasteiger partial charge in [-0.1, -0.05) is 20.3 Å². The lowest BCUT2D eigenvalue weighted by atomic mass is 9.92. The fourth-order valence-electron chi connectivity index (χ4n) is 3.44. The molecule has 0 amide bonds. The molecule has 112 valence electrons. The molecule has 3 heteroatoms. The lowest BCUT2D eigenvalue weighted by Gasteiger charge is -2.43. The lowest BCUT2D eigenvalue weighted by molar-refractivity contribution is 0.0833. The Bertz CT molecular complexity index is 261. The molecular formula is C16H33N3. The maximum absolute atomic E-state index is 3.74. The number of rotatable bonds is 4. The third kappa shape index (κ3) is 4.17. The van der Waals surface area contributed by atoms with Gasteiger partial charge in [-0.25, -0.2) is 0 Å². The molecule has 0 aromatic carbocycles. The van der Waals surface area contributed by atoms with E-state index in [0.717, 1.165) is 11.8 Å². The quantitative estimate of drug-likeness (QED) is 0.841. The summed E-state index contributed by atoms with van der Waals surface area (Å²) in [5.41, 5.74) is 0. The first kappa shape index (κ1) is 15.3. The second-order valence-corrected chi connectivity index (χ2v) is 6.95. The predicted molar refractivity (Wildman–Crippen MR) is 82.5 cm³/mol. The minimum Gasteiger partial charge on any atom is -0.311 e. The molecule has 2 aliphatic rings. The van der Waals surface area contributed by atoms with Crippen LogP contribution in [-0.4, -0.2) is 61.7 Å². The molecule has 0 aromatic heterocycles. The number of piperidine rings is 1. The molecule has 2 rings (SSSR count). The molecule has 3 unspecified atom stereocenters. The van der Waals surface area contributed by atoms with Crippen LogP contribution in [-0.2, 0) is 0 Å². The Labute approximate surface area is 119 Å². The molecule has 0 saturated carbocycles. The molecule has 0 spiro atoms. The Morgan fingerprint density at radius 1 is 1.26 bits per heavy atom. The first-order valence-electron chi connectivity index (χ1n) is 8.26. The van der Waals surface area contributed by atoms with Crippen LogP contribution in [0.5, 0.6) is 0 Å². The Balaban J connectivity index is 1.83. The maximum Gasteiger partial charge on any atom is 0.0221 e. The zero-order valence-corrected chi connectivity index (χ0v) is 13.4. The van der Waals surface area contributed by atoms with Gasteiger partial charge in [0, 0.05) is 31.7 Å². The summed E-state index contributed by atoms with van der Waals surface area (Å²) in [6.45, 7) is 13.4. The van der Waals surface area contributed by atoms with Crippen LogP contribution in [0.3, 0.4) is 0 Å². The summed E-state index contributed by atoms with van der Waals surface area (Å²) in [4.78, 5) is 5.23. The highest BCUT2D eigenvalue weighted by molar-refractivity contribution is 4.88. The highest BCUT2D eigenvalue weighted by Gasteiger charge is 2.29. The van der Waals surface area contributed by atoms with Crippen molar-refractivity contribution < 1.29 is 0 Å². The zero-order chi connectivity index (χ0) is 13.8. The molecule has 2 heterocycles. The average molecular weight is 267 g/mol. The number of nitrogens with one attached hydrogen (secondary N) is 1. The lowest BCUT2D eigenvalue weighted by Crippen LogP contribution is -2.58. The van der Waals surface area contributed by atoms with E-state index in [1.165, 1.54) is 52.0 Å². The van der Waals surface area contributed by atoms with Crippen LogP contribution < -0.4 is 5.32 Å². The first-order chi connectivity index (χ1) is 9.10. The van der Waals surface area contributed by atoms with Gasteiger partial charge in [-0.05, 0) is 51.7 Å². The smallest absolute Gasteiger partial charge is 0.0221 e. The minimum atomic E-state index is 0.701. The molecular weight excluding hydrogens is 234 g/mol. The topological polar surface area (TPSA) is 18.5 Å². The van der Waals surface area contributed by atoms with Crippen molar-refractivity contribution in [3.63, 3.8) is 0 Å². The largest absolute Gasteiger partial charge is 0.311 e. The molecule has 3 atom stereocenters. The van der Waals surface area contributed by atoms with E-state index in [1.54, 1.807) is 0 Å². The van der Waals surface area contributed by atoms with Gasteiger partial charge in [0.05, 0.1) is 0 Å². The Morgan fingerprint density at radius 2 is 1.95 bits per heavy atom. The molecule has 3 nitrogen and oxygen atoms in total. The van der Waals surface area contributed by atoms with Crippen molar-refractivity contribution in [2.24, 2.45) is 11.8 Å². The van der Waals surface area contributed by atoms with Gasteiger partial charge in [0.1, 0.15) is 0 Å². The summed E-state index contributed by atoms with van der Waals surface area (Å²) in [7, 11) is 2.25. The molecule has 2 saturated heterocycles. The minimum absolute atomic E-state index is 0.701. The van der Waals surface area contributed by atoms with Crippen molar-refractivity contribution in [2.45, 2.75) is 52.1 Å². The number of hydrogen-bond acceptors (Lipinski definition) is 3. The number of hydrogen-bond donors (Lipinski definition) is 1. The van der Waals surface area contributed by atoms with Gasteiger partial charge in [0.15, 0.2) is 0 Å². The van der Waals surface area contributed by atoms with Crippen LogP contribution in [0.15, 0.2) is 0 Å². The second kappa shape index (κ2) is 7.05.